The Morgan fingerprint density at radius 2 is 2.21 bits per heavy atom. The Balaban J connectivity index is 1.92. The van der Waals surface area contributed by atoms with Gasteiger partial charge in [0, 0.05) is 20.2 Å². The second-order valence-electron chi connectivity index (χ2n) is 4.46. The third-order valence-corrected chi connectivity index (χ3v) is 5.15. The summed E-state index contributed by atoms with van der Waals surface area (Å²) in [4.78, 5) is 0. The minimum atomic E-state index is -2.74. The molecule has 14 heavy (non-hydrogen) atoms. The van der Waals surface area contributed by atoms with E-state index in [0.717, 1.165) is 25.9 Å². The number of methoxy groups -OCH3 is 1. The minimum absolute atomic E-state index is 0.0788. The normalized spacial score (nSPS) is 33.9. The standard InChI is InChI=1S/C9H17NO3S/c1-13-9(6-10-7-9)4-8-2-3-14(11,12)5-8/h8,10H,2-7H2,1H3. The van der Waals surface area contributed by atoms with E-state index in [0.29, 0.717) is 17.4 Å². The molecule has 0 radical (unpaired) electrons. The number of nitrogens with one attached hydrogen (secondary N) is 1. The average molecular weight is 219 g/mol. The molecular formula is C9H17NO3S. The molecule has 2 saturated heterocycles. The number of sulfone groups is 1. The first-order valence-corrected chi connectivity index (χ1v) is 6.84. The molecule has 0 aromatic carbocycles. The lowest BCUT2D eigenvalue weighted by atomic mass is 9.85. The van der Waals surface area contributed by atoms with Crippen LogP contribution in [0.25, 0.3) is 0 Å². The highest BCUT2D eigenvalue weighted by atomic mass is 32.2. The summed E-state index contributed by atoms with van der Waals surface area (Å²) in [6.07, 6.45) is 1.70. The van der Waals surface area contributed by atoms with Gasteiger partial charge in [-0.25, -0.2) is 8.42 Å². The Bertz CT molecular complexity index is 303. The van der Waals surface area contributed by atoms with Crippen LogP contribution in [-0.4, -0.2) is 45.7 Å². The van der Waals surface area contributed by atoms with Crippen LogP contribution in [0.4, 0.5) is 0 Å². The Morgan fingerprint density at radius 1 is 1.50 bits per heavy atom. The molecule has 2 heterocycles. The summed E-state index contributed by atoms with van der Waals surface area (Å²) in [5.74, 6) is 1.03. The minimum Gasteiger partial charge on any atom is -0.376 e. The molecule has 0 bridgehead atoms. The van der Waals surface area contributed by atoms with Gasteiger partial charge in [0.1, 0.15) is 0 Å². The van der Waals surface area contributed by atoms with E-state index in [1.807, 2.05) is 0 Å². The lowest BCUT2D eigenvalue weighted by Crippen LogP contribution is -2.61. The molecule has 2 aliphatic heterocycles. The molecule has 2 rings (SSSR count). The smallest absolute Gasteiger partial charge is 0.150 e. The van der Waals surface area contributed by atoms with Gasteiger partial charge < -0.3 is 10.1 Å². The van der Waals surface area contributed by atoms with Gasteiger partial charge in [0.2, 0.25) is 0 Å². The maximum atomic E-state index is 11.3. The molecule has 5 heteroatoms. The predicted molar refractivity (Wildman–Crippen MR) is 54.0 cm³/mol. The van der Waals surface area contributed by atoms with Gasteiger partial charge in [-0.1, -0.05) is 0 Å². The predicted octanol–water partition coefficient (Wildman–Crippen LogP) is -0.200. The van der Waals surface area contributed by atoms with Crippen LogP contribution in [-0.2, 0) is 14.6 Å². The second kappa shape index (κ2) is 3.47. The van der Waals surface area contributed by atoms with Crippen molar-refractivity contribution < 1.29 is 13.2 Å². The van der Waals surface area contributed by atoms with Crippen LogP contribution in [0.2, 0.25) is 0 Å². The Kier molecular flexibility index (Phi) is 2.57. The monoisotopic (exact) mass is 219 g/mol. The molecule has 2 aliphatic rings. The fourth-order valence-electron chi connectivity index (χ4n) is 2.33. The molecule has 1 unspecified atom stereocenters. The van der Waals surface area contributed by atoms with Gasteiger partial charge in [-0.05, 0) is 18.8 Å². The number of rotatable bonds is 3. The van der Waals surface area contributed by atoms with Crippen molar-refractivity contribution in [2.45, 2.75) is 18.4 Å². The maximum Gasteiger partial charge on any atom is 0.150 e. The van der Waals surface area contributed by atoms with Crippen molar-refractivity contribution in [1.29, 1.82) is 0 Å². The van der Waals surface area contributed by atoms with Crippen LogP contribution in [0.15, 0.2) is 0 Å². The van der Waals surface area contributed by atoms with E-state index in [1.165, 1.54) is 0 Å². The van der Waals surface area contributed by atoms with Crippen LogP contribution in [0.3, 0.4) is 0 Å². The molecule has 0 saturated carbocycles. The maximum absolute atomic E-state index is 11.3. The molecule has 4 nitrogen and oxygen atoms in total. The van der Waals surface area contributed by atoms with Crippen molar-refractivity contribution in [2.75, 3.05) is 31.7 Å². The van der Waals surface area contributed by atoms with Crippen molar-refractivity contribution >= 4 is 9.84 Å². The van der Waals surface area contributed by atoms with Crippen LogP contribution in [0.5, 0.6) is 0 Å². The van der Waals surface area contributed by atoms with Crippen LogP contribution >= 0.6 is 0 Å². The van der Waals surface area contributed by atoms with Crippen molar-refractivity contribution in [3.63, 3.8) is 0 Å². The largest absolute Gasteiger partial charge is 0.376 e. The van der Waals surface area contributed by atoms with Crippen molar-refractivity contribution in [3.8, 4) is 0 Å². The molecule has 82 valence electrons. The van der Waals surface area contributed by atoms with Crippen LogP contribution in [0.1, 0.15) is 12.8 Å². The van der Waals surface area contributed by atoms with Crippen molar-refractivity contribution in [1.82, 2.24) is 5.32 Å². The van der Waals surface area contributed by atoms with Gasteiger partial charge in [0.05, 0.1) is 17.1 Å². The van der Waals surface area contributed by atoms with Gasteiger partial charge in [-0.15, -0.1) is 0 Å². The Hall–Kier alpha value is -0.130. The third-order valence-electron chi connectivity index (χ3n) is 3.31. The fraction of sp³-hybridized carbons (Fsp3) is 1.00. The van der Waals surface area contributed by atoms with E-state index < -0.39 is 9.84 Å². The molecule has 0 aliphatic carbocycles. The highest BCUT2D eigenvalue weighted by Gasteiger charge is 2.41. The molecule has 0 aromatic heterocycles. The third kappa shape index (κ3) is 1.94. The van der Waals surface area contributed by atoms with Crippen LogP contribution < -0.4 is 5.32 Å². The van der Waals surface area contributed by atoms with Gasteiger partial charge in [0.15, 0.2) is 9.84 Å². The first-order valence-electron chi connectivity index (χ1n) is 5.02. The summed E-state index contributed by atoms with van der Waals surface area (Å²) in [5, 5.41) is 3.17. The summed E-state index contributed by atoms with van der Waals surface area (Å²) in [6.45, 7) is 1.72. The first kappa shape index (κ1) is 10.4. The highest BCUT2D eigenvalue weighted by molar-refractivity contribution is 7.91. The molecule has 1 atom stereocenters. The van der Waals surface area contributed by atoms with E-state index in [4.69, 9.17) is 4.74 Å². The fourth-order valence-corrected chi connectivity index (χ4v) is 4.20. The van der Waals surface area contributed by atoms with E-state index >= 15 is 0 Å². The van der Waals surface area contributed by atoms with Gasteiger partial charge in [-0.2, -0.15) is 0 Å². The summed E-state index contributed by atoms with van der Waals surface area (Å²) in [6, 6.07) is 0. The second-order valence-corrected chi connectivity index (χ2v) is 6.69. The van der Waals surface area contributed by atoms with Crippen molar-refractivity contribution in [2.24, 2.45) is 5.92 Å². The van der Waals surface area contributed by atoms with E-state index in [9.17, 15) is 8.42 Å². The first-order chi connectivity index (χ1) is 6.55. The molecule has 1 N–H and O–H groups in total. The van der Waals surface area contributed by atoms with Gasteiger partial charge in [0.25, 0.3) is 0 Å². The highest BCUT2D eigenvalue weighted by Crippen LogP contribution is 2.31. The Labute approximate surface area is 84.9 Å². The zero-order chi connectivity index (χ0) is 10.2. The molecule has 2 fully saturated rings. The number of ether oxygens (including phenoxy) is 1. The number of hydrogen-bond acceptors (Lipinski definition) is 4. The lowest BCUT2D eigenvalue weighted by Gasteiger charge is -2.42. The lowest BCUT2D eigenvalue weighted by molar-refractivity contribution is -0.0657. The summed E-state index contributed by atoms with van der Waals surface area (Å²) in [5.41, 5.74) is -0.0788. The summed E-state index contributed by atoms with van der Waals surface area (Å²) < 4.78 is 28.0. The average Bonchev–Trinajstić information content (AvgIpc) is 2.38. The van der Waals surface area contributed by atoms with Gasteiger partial charge >= 0.3 is 0 Å². The molecule has 0 amide bonds. The summed E-state index contributed by atoms with van der Waals surface area (Å²) >= 11 is 0. The zero-order valence-electron chi connectivity index (χ0n) is 8.45. The van der Waals surface area contributed by atoms with Crippen LogP contribution in [0, 0.1) is 5.92 Å². The van der Waals surface area contributed by atoms with E-state index in [1.54, 1.807) is 7.11 Å². The van der Waals surface area contributed by atoms with Crippen molar-refractivity contribution in [3.05, 3.63) is 0 Å². The SMILES string of the molecule is COC1(CC2CCS(=O)(=O)C2)CNC1. The summed E-state index contributed by atoms with van der Waals surface area (Å²) in [7, 11) is -1.02. The molecule has 0 spiro atoms. The molecule has 0 aromatic rings. The quantitative estimate of drug-likeness (QED) is 0.714. The number of hydrogen-bond donors (Lipinski definition) is 1. The molecular weight excluding hydrogens is 202 g/mol. The van der Waals surface area contributed by atoms with E-state index in [2.05, 4.69) is 5.32 Å². The topological polar surface area (TPSA) is 55.4 Å². The van der Waals surface area contributed by atoms with E-state index in [-0.39, 0.29) is 5.60 Å². The zero-order valence-corrected chi connectivity index (χ0v) is 9.27. The Morgan fingerprint density at radius 3 is 2.57 bits per heavy atom. The van der Waals surface area contributed by atoms with Gasteiger partial charge in [-0.3, -0.25) is 0 Å².